The van der Waals surface area contributed by atoms with Crippen LogP contribution in [0.2, 0.25) is 0 Å². The molecule has 0 bridgehead atoms. The van der Waals surface area contributed by atoms with Crippen molar-refractivity contribution in [1.29, 1.82) is 0 Å². The normalized spacial score (nSPS) is 8.30. The summed E-state index contributed by atoms with van der Waals surface area (Å²) in [6, 6.07) is 0. The van der Waals surface area contributed by atoms with Gasteiger partial charge in [-0.1, -0.05) is 0 Å². The second-order valence-electron chi connectivity index (χ2n) is 0.868. The van der Waals surface area contributed by atoms with Gasteiger partial charge in [-0.25, -0.2) is 4.79 Å². The van der Waals surface area contributed by atoms with Crippen molar-refractivity contribution in [2.75, 3.05) is 0 Å². The van der Waals surface area contributed by atoms with Crippen LogP contribution in [-0.2, 0) is 14.1 Å². The first-order valence-corrected chi connectivity index (χ1v) is 2.63. The number of aliphatic carboxylic acids is 1. The van der Waals surface area contributed by atoms with Gasteiger partial charge in [0.1, 0.15) is 0 Å². The van der Waals surface area contributed by atoms with Crippen molar-refractivity contribution in [3.63, 3.8) is 0 Å². The van der Waals surface area contributed by atoms with E-state index < -0.39 is 20.7 Å². The molecule has 0 saturated heterocycles. The zero-order valence-electron chi connectivity index (χ0n) is 4.84. The Bertz CT molecular complexity index is 139. The molecule has 0 rings (SSSR count). The Morgan fingerprint density at radius 1 is 1.40 bits per heavy atom. The molecule has 0 atom stereocenters. The molecule has 8 heteroatoms. The van der Waals surface area contributed by atoms with Crippen molar-refractivity contribution in [1.82, 2.24) is 0 Å². The molecule has 0 unspecified atom stereocenters. The quantitative estimate of drug-likeness (QED) is 0.228. The number of carbonyl (C=O) groups excluding carboxylic acids is 2. The third-order valence-corrected chi connectivity index (χ3v) is 0.622. The predicted octanol–water partition coefficient (Wildman–Crippen LogP) is -3.55. The number of carboxylic acids is 1. The topological polar surface area (TPSA) is 66.4 Å². The number of hydrogen-bond acceptors (Lipinski definition) is 4. The van der Waals surface area contributed by atoms with E-state index in [4.69, 9.17) is 0 Å². The van der Waals surface area contributed by atoms with E-state index in [0.29, 0.717) is 0 Å². The van der Waals surface area contributed by atoms with Crippen LogP contribution >= 0.6 is 8.77 Å². The molecule has 0 fully saturated rings. The number of carboxylic acid groups (broad SMARTS) is 1. The molecule has 10 heavy (non-hydrogen) atoms. The summed E-state index contributed by atoms with van der Waals surface area (Å²) in [5, 5.41) is 9.33. The molecule has 0 N–H and O–H groups in total. The maximum atomic E-state index is 11.0. The van der Waals surface area contributed by atoms with Gasteiger partial charge in [0.2, 0.25) is 0 Å². The van der Waals surface area contributed by atoms with E-state index in [2.05, 4.69) is 4.52 Å². The zero-order valence-corrected chi connectivity index (χ0v) is 5.73. The van der Waals surface area contributed by atoms with E-state index in [9.17, 15) is 23.1 Å². The monoisotopic (exact) mass is 164 g/mol. The van der Waals surface area contributed by atoms with Gasteiger partial charge in [-0.3, -0.25) is 0 Å². The van der Waals surface area contributed by atoms with E-state index in [1.807, 2.05) is 0 Å². The molecule has 0 aromatic rings. The standard InChI is InChI=1S/C2HF2O4P.Li/c3-9(4)8-2(7)1(5)6;/h(H,5,6);/q;+1/p-1. The Morgan fingerprint density at radius 3 is 1.90 bits per heavy atom. The Hall–Kier alpha value is -0.173. The largest absolute Gasteiger partial charge is 1.00 e. The van der Waals surface area contributed by atoms with Crippen molar-refractivity contribution in [2.24, 2.45) is 0 Å². The SMILES string of the molecule is O=C([O-])C(=O)OP(F)F.[Li+]. The van der Waals surface area contributed by atoms with Gasteiger partial charge in [-0.2, -0.15) is 0 Å². The van der Waals surface area contributed by atoms with Crippen LogP contribution in [0, 0.1) is 0 Å². The van der Waals surface area contributed by atoms with Gasteiger partial charge >= 0.3 is 33.6 Å². The van der Waals surface area contributed by atoms with Crippen molar-refractivity contribution >= 4 is 20.7 Å². The zero-order chi connectivity index (χ0) is 7.44. The van der Waals surface area contributed by atoms with Gasteiger partial charge in [-0.05, 0) is 0 Å². The molecular weight excluding hydrogens is 164 g/mol. The van der Waals surface area contributed by atoms with Crippen LogP contribution < -0.4 is 24.0 Å². The van der Waals surface area contributed by atoms with Crippen molar-refractivity contribution in [3.8, 4) is 0 Å². The molecule has 0 aliphatic carbocycles. The first-order valence-electron chi connectivity index (χ1n) is 1.59. The average molecular weight is 164 g/mol. The third-order valence-electron chi connectivity index (χ3n) is 0.319. The fraction of sp³-hybridized carbons (Fsp3) is 0. The summed E-state index contributed by atoms with van der Waals surface area (Å²) in [7, 11) is -3.94. The van der Waals surface area contributed by atoms with Gasteiger partial charge in [0.05, 0.1) is 0 Å². The number of rotatable bonds is 1. The predicted molar refractivity (Wildman–Crippen MR) is 20.2 cm³/mol. The van der Waals surface area contributed by atoms with Crippen LogP contribution in [0.1, 0.15) is 0 Å². The van der Waals surface area contributed by atoms with Crippen LogP contribution in [0.15, 0.2) is 0 Å². The smallest absolute Gasteiger partial charge is 0.539 e. The molecule has 0 saturated carbocycles. The van der Waals surface area contributed by atoms with Crippen molar-refractivity contribution in [3.05, 3.63) is 0 Å². The van der Waals surface area contributed by atoms with Crippen LogP contribution in [0.5, 0.6) is 0 Å². The van der Waals surface area contributed by atoms with Crippen LogP contribution in [0.25, 0.3) is 0 Å². The summed E-state index contributed by atoms with van der Waals surface area (Å²) in [5.74, 6) is -4.30. The molecule has 0 amide bonds. The summed E-state index contributed by atoms with van der Waals surface area (Å²) in [4.78, 5) is 18.9. The number of carbonyl (C=O) groups is 2. The maximum absolute atomic E-state index is 11.0. The summed E-state index contributed by atoms with van der Waals surface area (Å²) in [6.45, 7) is 0. The Labute approximate surface area is 67.8 Å². The minimum Gasteiger partial charge on any atom is -0.539 e. The molecule has 4 nitrogen and oxygen atoms in total. The molecule has 0 heterocycles. The summed E-state index contributed by atoms with van der Waals surface area (Å²) in [6.07, 6.45) is 0. The third kappa shape index (κ3) is 5.96. The van der Waals surface area contributed by atoms with Crippen molar-refractivity contribution < 1.29 is 46.5 Å². The second-order valence-corrected chi connectivity index (χ2v) is 1.45. The first-order chi connectivity index (χ1) is 4.04. The number of hydrogen-bond donors (Lipinski definition) is 0. The Balaban J connectivity index is 0. The molecular formula is C2F2LiO4P. The van der Waals surface area contributed by atoms with Gasteiger partial charge in [0.25, 0.3) is 0 Å². The summed E-state index contributed by atoms with van der Waals surface area (Å²) >= 11 is 0. The van der Waals surface area contributed by atoms with E-state index in [-0.39, 0.29) is 18.9 Å². The molecule has 0 spiro atoms. The molecule has 52 valence electrons. The minimum atomic E-state index is -3.94. The van der Waals surface area contributed by atoms with Gasteiger partial charge in [0.15, 0.2) is 5.97 Å². The van der Waals surface area contributed by atoms with Crippen LogP contribution in [0.4, 0.5) is 8.39 Å². The molecule has 0 aromatic heterocycles. The summed E-state index contributed by atoms with van der Waals surface area (Å²) < 4.78 is 24.9. The van der Waals surface area contributed by atoms with Gasteiger partial charge < -0.3 is 14.4 Å². The Morgan fingerprint density at radius 2 is 1.80 bits per heavy atom. The fourth-order valence-electron chi connectivity index (χ4n) is 0.0999. The van der Waals surface area contributed by atoms with Gasteiger partial charge in [0, 0.05) is 0 Å². The van der Waals surface area contributed by atoms with E-state index >= 15 is 0 Å². The Kier molecular flexibility index (Phi) is 7.00. The summed E-state index contributed by atoms with van der Waals surface area (Å²) in [5.41, 5.74) is 0. The molecule has 0 aromatic carbocycles. The average Bonchev–Trinajstić information content (AvgIpc) is 1.63. The van der Waals surface area contributed by atoms with E-state index in [1.54, 1.807) is 0 Å². The van der Waals surface area contributed by atoms with Crippen LogP contribution in [0.3, 0.4) is 0 Å². The fourth-order valence-corrected chi connectivity index (χ4v) is 0.300. The van der Waals surface area contributed by atoms with E-state index in [0.717, 1.165) is 0 Å². The molecule has 0 radical (unpaired) electrons. The molecule has 0 aliphatic heterocycles. The molecule has 0 aliphatic rings. The van der Waals surface area contributed by atoms with Crippen LogP contribution in [-0.4, -0.2) is 11.9 Å². The van der Waals surface area contributed by atoms with Gasteiger partial charge in [-0.15, -0.1) is 8.39 Å². The van der Waals surface area contributed by atoms with E-state index in [1.165, 1.54) is 0 Å². The maximum Gasteiger partial charge on any atom is 1.00 e. The second kappa shape index (κ2) is 5.60. The minimum absolute atomic E-state index is 0. The first kappa shape index (κ1) is 12.5. The van der Waals surface area contributed by atoms with Crippen molar-refractivity contribution in [2.45, 2.75) is 0 Å². The number of halogens is 2.